The van der Waals surface area contributed by atoms with Gasteiger partial charge in [0.1, 0.15) is 23.7 Å². The highest BCUT2D eigenvalue weighted by Gasteiger charge is 2.38. The van der Waals surface area contributed by atoms with E-state index < -0.39 is 24.3 Å². The van der Waals surface area contributed by atoms with Crippen molar-refractivity contribution in [3.63, 3.8) is 0 Å². The van der Waals surface area contributed by atoms with Gasteiger partial charge in [-0.25, -0.2) is 19.6 Å². The number of H-pyrrole nitrogens is 2. The molecule has 63 heavy (non-hydrogen) atoms. The largest absolute Gasteiger partial charge is 0.453 e. The lowest BCUT2D eigenvalue weighted by Crippen LogP contribution is -2.49. The third kappa shape index (κ3) is 9.79. The van der Waals surface area contributed by atoms with Crippen molar-refractivity contribution < 1.29 is 28.7 Å². The van der Waals surface area contributed by atoms with Crippen LogP contribution in [0.15, 0.2) is 122 Å². The number of nitrogens with zero attached hydrogens (tertiary/aromatic N) is 4. The Bertz CT molecular complexity index is 2600. The van der Waals surface area contributed by atoms with Crippen LogP contribution >= 0.6 is 0 Å². The Kier molecular flexibility index (Phi) is 12.9. The fraction of sp³-hybridized carbons (Fsp3) is 0.265. The number of likely N-dealkylation sites (tertiary alicyclic amines) is 2. The number of methoxy groups -OCH3 is 2. The predicted molar refractivity (Wildman–Crippen MR) is 236 cm³/mol. The number of amides is 4. The molecule has 2 aromatic heterocycles. The van der Waals surface area contributed by atoms with Crippen LogP contribution < -0.4 is 10.6 Å². The molecule has 320 valence electrons. The standard InChI is InChI=1S/C49H48N8O6/c1-62-48(60)54-38(29-34-11-5-3-6-12-34)46(58)56-27-9-15-41(56)44-50-30-39(52-44)35-23-19-32(20-24-35)17-18-33-21-25-36(26-22-33)40-31-51-45(53-40)42-16-10-28-57(42)47(59)43(55-49(61)63-2)37-13-7-4-8-14-37/h3-8,11-14,19-26,30-31,38,41-43H,9-10,15-16,27-29H2,1-2H3,(H,50,52)(H,51,53)(H,54,60)(H,55,61)/t38-,41+,42+,43-/m1/s1. The smallest absolute Gasteiger partial charge is 0.407 e. The lowest BCUT2D eigenvalue weighted by Gasteiger charge is -2.28. The molecular weight excluding hydrogens is 797 g/mol. The van der Waals surface area contributed by atoms with Crippen LogP contribution in [0.2, 0.25) is 0 Å². The van der Waals surface area contributed by atoms with E-state index in [1.54, 1.807) is 22.2 Å². The van der Waals surface area contributed by atoms with E-state index in [0.717, 1.165) is 64.9 Å². The van der Waals surface area contributed by atoms with Crippen molar-refractivity contribution in [2.75, 3.05) is 27.3 Å². The Labute approximate surface area is 365 Å². The number of hydrogen-bond donors (Lipinski definition) is 4. The molecule has 2 aliphatic heterocycles. The van der Waals surface area contributed by atoms with E-state index in [0.29, 0.717) is 36.7 Å². The summed E-state index contributed by atoms with van der Waals surface area (Å²) in [5.41, 5.74) is 6.83. The summed E-state index contributed by atoms with van der Waals surface area (Å²) in [6.07, 6.45) is 5.71. The second kappa shape index (κ2) is 19.4. The molecule has 2 aliphatic rings. The summed E-state index contributed by atoms with van der Waals surface area (Å²) in [5.74, 6) is 7.50. The number of alkyl carbamates (subject to hydrolysis) is 2. The fourth-order valence-corrected chi connectivity index (χ4v) is 8.27. The highest BCUT2D eigenvalue weighted by Crippen LogP contribution is 2.35. The molecule has 4 heterocycles. The van der Waals surface area contributed by atoms with Crippen LogP contribution in [0.25, 0.3) is 22.5 Å². The Balaban J connectivity index is 0.895. The first kappa shape index (κ1) is 42.0. The lowest BCUT2D eigenvalue weighted by molar-refractivity contribution is -0.135. The number of hydrogen-bond acceptors (Lipinski definition) is 8. The van der Waals surface area contributed by atoms with E-state index >= 15 is 0 Å². The van der Waals surface area contributed by atoms with Crippen molar-refractivity contribution in [3.8, 4) is 34.4 Å². The van der Waals surface area contributed by atoms with E-state index in [1.807, 2.05) is 109 Å². The number of benzene rings is 4. The van der Waals surface area contributed by atoms with Crippen molar-refractivity contribution >= 4 is 24.0 Å². The molecule has 4 N–H and O–H groups in total. The normalized spacial score (nSPS) is 16.7. The van der Waals surface area contributed by atoms with Gasteiger partial charge in [0.2, 0.25) is 5.91 Å². The summed E-state index contributed by atoms with van der Waals surface area (Å²) in [7, 11) is 2.56. The SMILES string of the molecule is COC(=O)N[C@H](Cc1ccccc1)C(=O)N1CCC[C@H]1c1ncc(-c2ccc(C#Cc3ccc(-c4cnc([C@@H]5CCCN5C(=O)[C@H](NC(=O)OC)c5ccccc5)[nH]4)cc3)cc2)[nH]1. The third-order valence-corrected chi connectivity index (χ3v) is 11.5. The number of aromatic amines is 2. The summed E-state index contributed by atoms with van der Waals surface area (Å²) >= 11 is 0. The van der Waals surface area contributed by atoms with Crippen molar-refractivity contribution in [2.24, 2.45) is 0 Å². The molecule has 2 fully saturated rings. The van der Waals surface area contributed by atoms with Gasteiger partial charge in [0.05, 0.1) is 50.1 Å². The molecule has 0 bridgehead atoms. The van der Waals surface area contributed by atoms with Crippen LogP contribution in [-0.2, 0) is 25.5 Å². The topological polar surface area (TPSA) is 175 Å². The first-order valence-corrected chi connectivity index (χ1v) is 21.0. The van der Waals surface area contributed by atoms with Gasteiger partial charge in [0, 0.05) is 30.6 Å². The number of nitrogens with one attached hydrogen (secondary N) is 4. The summed E-state index contributed by atoms with van der Waals surface area (Å²) in [6.45, 7) is 1.11. The van der Waals surface area contributed by atoms with Gasteiger partial charge in [0.15, 0.2) is 0 Å². The maximum atomic E-state index is 13.9. The number of ether oxygens (including phenoxy) is 2. The number of rotatable bonds is 11. The number of aromatic nitrogens is 4. The summed E-state index contributed by atoms with van der Waals surface area (Å²) in [5, 5.41) is 5.44. The molecule has 4 amide bonds. The molecule has 0 spiro atoms. The Morgan fingerprint density at radius 1 is 0.651 bits per heavy atom. The quantitative estimate of drug-likeness (QED) is 0.0987. The Hall–Kier alpha value is -7.66. The van der Waals surface area contributed by atoms with E-state index in [4.69, 9.17) is 9.47 Å². The second-order valence-corrected chi connectivity index (χ2v) is 15.5. The number of imidazole rings is 2. The van der Waals surface area contributed by atoms with Crippen molar-refractivity contribution in [3.05, 3.63) is 155 Å². The molecule has 8 rings (SSSR count). The van der Waals surface area contributed by atoms with Crippen molar-refractivity contribution in [2.45, 2.75) is 56.3 Å². The third-order valence-electron chi connectivity index (χ3n) is 11.5. The Morgan fingerprint density at radius 2 is 1.13 bits per heavy atom. The van der Waals surface area contributed by atoms with Gasteiger partial charge in [0.25, 0.3) is 5.91 Å². The van der Waals surface area contributed by atoms with Crippen LogP contribution in [0.3, 0.4) is 0 Å². The monoisotopic (exact) mass is 844 g/mol. The van der Waals surface area contributed by atoms with E-state index in [2.05, 4.69) is 42.4 Å². The highest BCUT2D eigenvalue weighted by molar-refractivity contribution is 5.88. The molecule has 6 aromatic rings. The molecule has 14 nitrogen and oxygen atoms in total. The second-order valence-electron chi connectivity index (χ2n) is 15.5. The molecule has 0 unspecified atom stereocenters. The van der Waals surface area contributed by atoms with E-state index in [1.165, 1.54) is 14.2 Å². The van der Waals surface area contributed by atoms with Crippen LogP contribution in [0, 0.1) is 11.8 Å². The van der Waals surface area contributed by atoms with Crippen molar-refractivity contribution in [1.29, 1.82) is 0 Å². The fourth-order valence-electron chi connectivity index (χ4n) is 8.27. The summed E-state index contributed by atoms with van der Waals surface area (Å²) < 4.78 is 9.66. The minimum Gasteiger partial charge on any atom is -0.453 e. The van der Waals surface area contributed by atoms with Gasteiger partial charge >= 0.3 is 12.2 Å². The average Bonchev–Trinajstić information content (AvgIpc) is 4.18. The predicted octanol–water partition coefficient (Wildman–Crippen LogP) is 7.26. The maximum Gasteiger partial charge on any atom is 0.407 e. The molecule has 0 aliphatic carbocycles. The lowest BCUT2D eigenvalue weighted by atomic mass is 10.0. The molecular formula is C49H48N8O6. The molecule has 14 heteroatoms. The average molecular weight is 845 g/mol. The van der Waals surface area contributed by atoms with Crippen LogP contribution in [0.5, 0.6) is 0 Å². The molecule has 4 aromatic carbocycles. The van der Waals surface area contributed by atoms with Gasteiger partial charge in [-0.05, 0) is 72.2 Å². The molecule has 0 saturated carbocycles. The van der Waals surface area contributed by atoms with E-state index in [9.17, 15) is 19.2 Å². The minimum atomic E-state index is -0.886. The highest BCUT2D eigenvalue weighted by atomic mass is 16.5. The zero-order chi connectivity index (χ0) is 43.7. The van der Waals surface area contributed by atoms with Crippen LogP contribution in [0.1, 0.15) is 77.7 Å². The van der Waals surface area contributed by atoms with Gasteiger partial charge in [-0.3, -0.25) is 9.59 Å². The molecule has 4 atom stereocenters. The zero-order valence-electron chi connectivity index (χ0n) is 35.0. The first-order valence-electron chi connectivity index (χ1n) is 21.0. The zero-order valence-corrected chi connectivity index (χ0v) is 35.0. The number of carbonyl (C=O) groups excluding carboxylic acids is 4. The summed E-state index contributed by atoms with van der Waals surface area (Å²) in [6, 6.07) is 32.4. The minimum absolute atomic E-state index is 0.176. The van der Waals surface area contributed by atoms with Gasteiger partial charge in [-0.15, -0.1) is 0 Å². The molecule has 2 saturated heterocycles. The Morgan fingerprint density at radius 3 is 1.63 bits per heavy atom. The van der Waals surface area contributed by atoms with Crippen molar-refractivity contribution in [1.82, 2.24) is 40.4 Å². The van der Waals surface area contributed by atoms with Gasteiger partial charge in [-0.1, -0.05) is 96.8 Å². The van der Waals surface area contributed by atoms with E-state index in [-0.39, 0.29) is 23.9 Å². The number of carbonyl (C=O) groups is 4. The summed E-state index contributed by atoms with van der Waals surface area (Å²) in [4.78, 5) is 72.0. The molecule has 0 radical (unpaired) electrons. The van der Waals surface area contributed by atoms with Gasteiger partial charge in [-0.2, -0.15) is 0 Å². The first-order chi connectivity index (χ1) is 30.8. The van der Waals surface area contributed by atoms with Crippen LogP contribution in [-0.4, -0.2) is 87.1 Å². The maximum absolute atomic E-state index is 13.9. The van der Waals surface area contributed by atoms with Gasteiger partial charge < -0.3 is 39.9 Å². The van der Waals surface area contributed by atoms with Crippen LogP contribution in [0.4, 0.5) is 9.59 Å².